The summed E-state index contributed by atoms with van der Waals surface area (Å²) in [6, 6.07) is 5.14. The van der Waals surface area contributed by atoms with E-state index in [9.17, 15) is 26.4 Å². The number of sulfone groups is 1. The van der Waals surface area contributed by atoms with Gasteiger partial charge in [-0.25, -0.2) is 8.42 Å². The minimum Gasteiger partial charge on any atom is -0.351 e. The van der Waals surface area contributed by atoms with Crippen LogP contribution in [0.3, 0.4) is 0 Å². The Morgan fingerprint density at radius 1 is 1.25 bits per heavy atom. The van der Waals surface area contributed by atoms with Crippen molar-refractivity contribution in [3.8, 4) is 0 Å². The number of nitrogens with two attached hydrogens (primary N) is 1. The largest absolute Gasteiger partial charge is 0.416 e. The number of nitrogens with one attached hydrogen (secondary N) is 1. The Hall–Kier alpha value is -1.65. The van der Waals surface area contributed by atoms with Gasteiger partial charge in [0, 0.05) is 31.9 Å². The van der Waals surface area contributed by atoms with Crippen LogP contribution >= 0.6 is 0 Å². The van der Waals surface area contributed by atoms with Gasteiger partial charge in [-0.1, -0.05) is 32.0 Å². The van der Waals surface area contributed by atoms with E-state index in [0.717, 1.165) is 31.7 Å². The maximum Gasteiger partial charge on any atom is 0.416 e. The van der Waals surface area contributed by atoms with E-state index >= 15 is 0 Å². The molecule has 1 aromatic rings. The van der Waals surface area contributed by atoms with E-state index in [-0.39, 0.29) is 24.3 Å². The first kappa shape index (κ1) is 25.0. The standard InChI is InChI=1S/C22H32F3N3O3S/c1-14(2)10-21(26,32(3,30)31)20(29)27-19-8-7-16-12-28(13-18(16)19)11-15-5-4-6-17(9-15)22(23,24)25/h4-6,9,14,16,18-19H,7-8,10-13,26H2,1-3H3,(H,27,29)/t16-,18+,19+,21+/m1/s1. The van der Waals surface area contributed by atoms with E-state index in [1.807, 2.05) is 13.8 Å². The molecule has 1 aliphatic carbocycles. The van der Waals surface area contributed by atoms with Gasteiger partial charge in [0.05, 0.1) is 5.56 Å². The molecule has 1 heterocycles. The number of carbonyl (C=O) groups is 1. The molecule has 0 spiro atoms. The molecule has 10 heteroatoms. The fraction of sp³-hybridized carbons (Fsp3) is 0.682. The number of rotatable bonds is 7. The van der Waals surface area contributed by atoms with Gasteiger partial charge >= 0.3 is 6.18 Å². The Labute approximate surface area is 187 Å². The molecule has 1 amide bonds. The molecule has 32 heavy (non-hydrogen) atoms. The summed E-state index contributed by atoms with van der Waals surface area (Å²) >= 11 is 0. The van der Waals surface area contributed by atoms with Crippen molar-refractivity contribution in [2.75, 3.05) is 19.3 Å². The minimum atomic E-state index is -4.38. The van der Waals surface area contributed by atoms with Gasteiger partial charge in [0.25, 0.3) is 5.91 Å². The van der Waals surface area contributed by atoms with Crippen LogP contribution in [0.4, 0.5) is 13.2 Å². The van der Waals surface area contributed by atoms with Crippen LogP contribution in [0.1, 0.15) is 44.2 Å². The topological polar surface area (TPSA) is 92.5 Å². The number of alkyl halides is 3. The number of amides is 1. The van der Waals surface area contributed by atoms with E-state index < -0.39 is 32.4 Å². The lowest BCUT2D eigenvalue weighted by Gasteiger charge is -2.31. The predicted molar refractivity (Wildman–Crippen MR) is 116 cm³/mol. The monoisotopic (exact) mass is 475 g/mol. The average Bonchev–Trinajstić information content (AvgIpc) is 3.21. The van der Waals surface area contributed by atoms with Gasteiger partial charge in [0.15, 0.2) is 14.7 Å². The van der Waals surface area contributed by atoms with E-state index in [2.05, 4.69) is 10.2 Å². The maximum absolute atomic E-state index is 13.0. The van der Waals surface area contributed by atoms with Crippen molar-refractivity contribution in [1.82, 2.24) is 10.2 Å². The third-order valence-electron chi connectivity index (χ3n) is 6.67. The highest BCUT2D eigenvalue weighted by Gasteiger charge is 2.49. The molecule has 0 aromatic heterocycles. The quantitative estimate of drug-likeness (QED) is 0.633. The molecule has 0 radical (unpaired) electrons. The summed E-state index contributed by atoms with van der Waals surface area (Å²) in [6.07, 6.45) is -1.76. The number of nitrogens with zero attached hydrogens (tertiary/aromatic N) is 1. The molecule has 1 saturated carbocycles. The molecular formula is C22H32F3N3O3S. The molecule has 3 N–H and O–H groups in total. The number of hydrogen-bond acceptors (Lipinski definition) is 5. The van der Waals surface area contributed by atoms with Gasteiger partial charge in [-0.2, -0.15) is 13.2 Å². The van der Waals surface area contributed by atoms with Crippen molar-refractivity contribution in [2.45, 2.75) is 56.7 Å². The van der Waals surface area contributed by atoms with Gasteiger partial charge in [0.2, 0.25) is 0 Å². The first-order chi connectivity index (χ1) is 14.7. The van der Waals surface area contributed by atoms with Crippen molar-refractivity contribution in [3.05, 3.63) is 35.4 Å². The van der Waals surface area contributed by atoms with Crippen LogP contribution in [0.15, 0.2) is 24.3 Å². The second-order valence-electron chi connectivity index (χ2n) is 9.73. The van der Waals surface area contributed by atoms with E-state index in [0.29, 0.717) is 24.6 Å². The lowest BCUT2D eigenvalue weighted by molar-refractivity contribution is -0.137. The average molecular weight is 476 g/mol. The van der Waals surface area contributed by atoms with Crippen LogP contribution in [0.5, 0.6) is 0 Å². The lowest BCUT2D eigenvalue weighted by Crippen LogP contribution is -2.61. The van der Waals surface area contributed by atoms with Gasteiger partial charge in [-0.15, -0.1) is 0 Å². The van der Waals surface area contributed by atoms with E-state index in [1.165, 1.54) is 12.1 Å². The van der Waals surface area contributed by atoms with Crippen LogP contribution < -0.4 is 11.1 Å². The first-order valence-corrected chi connectivity index (χ1v) is 12.8. The SMILES string of the molecule is CC(C)C[C@@](N)(C(=O)N[C@H]1CC[C@@H]2CN(Cc3cccc(C(F)(F)F)c3)C[C@@H]21)S(C)(=O)=O. The molecule has 2 fully saturated rings. The fourth-order valence-electron chi connectivity index (χ4n) is 5.08. The third kappa shape index (κ3) is 5.28. The molecule has 1 saturated heterocycles. The summed E-state index contributed by atoms with van der Waals surface area (Å²) in [7, 11) is -3.83. The van der Waals surface area contributed by atoms with E-state index in [4.69, 9.17) is 5.73 Å². The summed E-state index contributed by atoms with van der Waals surface area (Å²) in [5.74, 6) is -0.323. The smallest absolute Gasteiger partial charge is 0.351 e. The van der Waals surface area contributed by atoms with Crippen LogP contribution in [-0.4, -0.2) is 49.5 Å². The summed E-state index contributed by atoms with van der Waals surface area (Å²) in [6.45, 7) is 5.39. The highest BCUT2D eigenvalue weighted by atomic mass is 32.2. The minimum absolute atomic E-state index is 0.0279. The second-order valence-corrected chi connectivity index (χ2v) is 12.0. The van der Waals surface area contributed by atoms with Crippen molar-refractivity contribution in [1.29, 1.82) is 0 Å². The highest BCUT2D eigenvalue weighted by Crippen LogP contribution is 2.39. The molecule has 0 unspecified atom stereocenters. The summed E-state index contributed by atoms with van der Waals surface area (Å²) in [5, 5.41) is 2.90. The Morgan fingerprint density at radius 3 is 2.53 bits per heavy atom. The third-order valence-corrected chi connectivity index (χ3v) is 8.34. The lowest BCUT2D eigenvalue weighted by atomic mass is 9.97. The number of fused-ring (bicyclic) bond motifs is 1. The van der Waals surface area contributed by atoms with E-state index in [1.54, 1.807) is 6.07 Å². The summed E-state index contributed by atoms with van der Waals surface area (Å²) in [5.41, 5.74) is 6.04. The van der Waals surface area contributed by atoms with Crippen molar-refractivity contribution in [3.63, 3.8) is 0 Å². The summed E-state index contributed by atoms with van der Waals surface area (Å²) in [4.78, 5) is 13.1. The zero-order valence-corrected chi connectivity index (χ0v) is 19.5. The Morgan fingerprint density at radius 2 is 1.94 bits per heavy atom. The number of carbonyl (C=O) groups excluding carboxylic acids is 1. The highest BCUT2D eigenvalue weighted by molar-refractivity contribution is 7.92. The van der Waals surface area contributed by atoms with Crippen molar-refractivity contribution < 1.29 is 26.4 Å². The van der Waals surface area contributed by atoms with Gasteiger partial charge in [-0.3, -0.25) is 9.69 Å². The number of likely N-dealkylation sites (tertiary alicyclic amines) is 1. The van der Waals surface area contributed by atoms with Gasteiger partial charge in [-0.05, 0) is 48.6 Å². The zero-order chi connectivity index (χ0) is 23.9. The van der Waals surface area contributed by atoms with Gasteiger partial charge in [0.1, 0.15) is 0 Å². The van der Waals surface area contributed by atoms with Gasteiger partial charge < -0.3 is 11.1 Å². The molecule has 3 rings (SSSR count). The van der Waals surface area contributed by atoms with Crippen molar-refractivity contribution >= 4 is 15.7 Å². The summed E-state index contributed by atoms with van der Waals surface area (Å²) < 4.78 is 63.6. The molecule has 0 bridgehead atoms. The van der Waals surface area contributed by atoms with Crippen LogP contribution in [0.25, 0.3) is 0 Å². The predicted octanol–water partition coefficient (Wildman–Crippen LogP) is 2.78. The number of hydrogen-bond donors (Lipinski definition) is 2. The first-order valence-electron chi connectivity index (χ1n) is 10.9. The molecular weight excluding hydrogens is 443 g/mol. The normalized spacial score (nSPS) is 26.2. The zero-order valence-electron chi connectivity index (χ0n) is 18.7. The molecule has 1 aromatic carbocycles. The molecule has 1 aliphatic heterocycles. The molecule has 6 nitrogen and oxygen atoms in total. The molecule has 4 atom stereocenters. The maximum atomic E-state index is 13.0. The Kier molecular flexibility index (Phi) is 6.98. The molecule has 2 aliphatic rings. The van der Waals surface area contributed by atoms with Crippen LogP contribution in [0, 0.1) is 17.8 Å². The second kappa shape index (κ2) is 8.95. The number of benzene rings is 1. The number of halogens is 3. The van der Waals surface area contributed by atoms with Crippen LogP contribution in [-0.2, 0) is 27.4 Å². The molecule has 180 valence electrons. The fourth-order valence-corrected chi connectivity index (χ4v) is 6.11. The van der Waals surface area contributed by atoms with Crippen molar-refractivity contribution in [2.24, 2.45) is 23.5 Å². The van der Waals surface area contributed by atoms with Crippen LogP contribution in [0.2, 0.25) is 0 Å². The Bertz CT molecular complexity index is 951. The Balaban J connectivity index is 1.67.